The van der Waals surface area contributed by atoms with Gasteiger partial charge in [-0.05, 0) is 19.3 Å². The highest BCUT2D eigenvalue weighted by Crippen LogP contribution is 2.21. The molecule has 0 aliphatic carbocycles. The molecule has 1 aliphatic rings. The van der Waals surface area contributed by atoms with Gasteiger partial charge in [0.1, 0.15) is 18.0 Å². The molecule has 1 aromatic carbocycles. The van der Waals surface area contributed by atoms with Crippen LogP contribution in [0.3, 0.4) is 0 Å². The van der Waals surface area contributed by atoms with Crippen molar-refractivity contribution >= 4 is 17.3 Å². The number of nitro groups is 1. The number of nitrogens with zero attached hydrogens (tertiary/aromatic N) is 4. The van der Waals surface area contributed by atoms with Gasteiger partial charge < -0.3 is 10.2 Å². The van der Waals surface area contributed by atoms with Crippen LogP contribution in [-0.2, 0) is 6.54 Å². The average Bonchev–Trinajstić information content (AvgIpc) is 2.61. The van der Waals surface area contributed by atoms with Gasteiger partial charge in [0.2, 0.25) is 0 Å². The molecule has 7 nitrogen and oxygen atoms in total. The lowest BCUT2D eigenvalue weighted by Gasteiger charge is -2.27. The topological polar surface area (TPSA) is 84.2 Å². The van der Waals surface area contributed by atoms with E-state index in [9.17, 15) is 10.1 Å². The number of hydrogen-bond donors (Lipinski definition) is 1. The zero-order valence-corrected chi connectivity index (χ0v) is 12.8. The summed E-state index contributed by atoms with van der Waals surface area (Å²) in [6.45, 7) is 2.38. The predicted molar refractivity (Wildman–Crippen MR) is 88.5 cm³/mol. The van der Waals surface area contributed by atoms with Crippen molar-refractivity contribution in [1.29, 1.82) is 0 Å². The summed E-state index contributed by atoms with van der Waals surface area (Å²) in [5, 5.41) is 14.2. The number of aromatic nitrogens is 2. The number of nitro benzene ring substituents is 1. The minimum atomic E-state index is -0.365. The summed E-state index contributed by atoms with van der Waals surface area (Å²) in [6.07, 6.45) is 5.17. The Morgan fingerprint density at radius 3 is 2.74 bits per heavy atom. The summed E-state index contributed by atoms with van der Waals surface area (Å²) in [4.78, 5) is 21.5. The Bertz CT molecular complexity index is 686. The van der Waals surface area contributed by atoms with Crippen molar-refractivity contribution in [2.24, 2.45) is 0 Å². The molecule has 1 aliphatic heterocycles. The molecule has 0 unspecified atom stereocenters. The number of para-hydroxylation sites is 1. The number of rotatable bonds is 5. The zero-order chi connectivity index (χ0) is 16.1. The lowest BCUT2D eigenvalue weighted by molar-refractivity contribution is -0.385. The molecule has 1 N–H and O–H groups in total. The van der Waals surface area contributed by atoms with Gasteiger partial charge in [0.25, 0.3) is 5.69 Å². The molecule has 0 amide bonds. The predicted octanol–water partition coefficient (Wildman–Crippen LogP) is 2.99. The third kappa shape index (κ3) is 3.74. The third-order valence-electron chi connectivity index (χ3n) is 3.98. The van der Waals surface area contributed by atoms with Crippen LogP contribution >= 0.6 is 0 Å². The standard InChI is InChI=1S/C16H19N5O2/c22-21(23)14-7-3-2-6-13(14)11-17-15-10-16(19-12-18-15)20-8-4-1-5-9-20/h2-3,6-7,10,12H,1,4-5,8-9,11H2,(H,17,18,19). The molecule has 1 saturated heterocycles. The Hall–Kier alpha value is -2.70. The molecule has 23 heavy (non-hydrogen) atoms. The first-order valence-corrected chi connectivity index (χ1v) is 7.77. The van der Waals surface area contributed by atoms with E-state index in [1.54, 1.807) is 18.2 Å². The van der Waals surface area contributed by atoms with Gasteiger partial charge in [0.05, 0.1) is 4.92 Å². The Morgan fingerprint density at radius 2 is 1.96 bits per heavy atom. The van der Waals surface area contributed by atoms with Gasteiger partial charge >= 0.3 is 0 Å². The van der Waals surface area contributed by atoms with Gasteiger partial charge in [-0.1, -0.05) is 18.2 Å². The summed E-state index contributed by atoms with van der Waals surface area (Å²) in [7, 11) is 0. The molecule has 120 valence electrons. The maximum Gasteiger partial charge on any atom is 0.274 e. The fraction of sp³-hybridized carbons (Fsp3) is 0.375. The van der Waals surface area contributed by atoms with E-state index < -0.39 is 0 Å². The summed E-state index contributed by atoms with van der Waals surface area (Å²) >= 11 is 0. The lowest BCUT2D eigenvalue weighted by Crippen LogP contribution is -2.30. The van der Waals surface area contributed by atoms with E-state index in [2.05, 4.69) is 20.2 Å². The number of benzene rings is 1. The van der Waals surface area contributed by atoms with Gasteiger partial charge in [-0.25, -0.2) is 9.97 Å². The van der Waals surface area contributed by atoms with Crippen LogP contribution in [-0.4, -0.2) is 28.0 Å². The molecule has 1 fully saturated rings. The summed E-state index contributed by atoms with van der Waals surface area (Å²) < 4.78 is 0. The Morgan fingerprint density at radius 1 is 1.17 bits per heavy atom. The molecule has 7 heteroatoms. The summed E-state index contributed by atoms with van der Waals surface area (Å²) in [5.74, 6) is 1.59. The van der Waals surface area contributed by atoms with Crippen LogP contribution in [0.5, 0.6) is 0 Å². The second-order valence-corrected chi connectivity index (χ2v) is 5.55. The van der Waals surface area contributed by atoms with Crippen LogP contribution in [0.25, 0.3) is 0 Å². The Labute approximate surface area is 134 Å². The maximum absolute atomic E-state index is 11.0. The van der Waals surface area contributed by atoms with Crippen LogP contribution in [0.4, 0.5) is 17.3 Å². The van der Waals surface area contributed by atoms with E-state index in [1.807, 2.05) is 6.07 Å². The van der Waals surface area contributed by atoms with Crippen LogP contribution in [0.15, 0.2) is 36.7 Å². The first-order valence-electron chi connectivity index (χ1n) is 7.77. The van der Waals surface area contributed by atoms with Crippen molar-refractivity contribution in [3.05, 3.63) is 52.3 Å². The van der Waals surface area contributed by atoms with Crippen LogP contribution in [0.1, 0.15) is 24.8 Å². The van der Waals surface area contributed by atoms with E-state index in [-0.39, 0.29) is 10.6 Å². The maximum atomic E-state index is 11.0. The van der Waals surface area contributed by atoms with Crippen molar-refractivity contribution in [1.82, 2.24) is 9.97 Å². The fourth-order valence-electron chi connectivity index (χ4n) is 2.76. The second-order valence-electron chi connectivity index (χ2n) is 5.55. The number of anilines is 2. The molecule has 2 aromatic rings. The van der Waals surface area contributed by atoms with Crippen molar-refractivity contribution in [2.75, 3.05) is 23.3 Å². The van der Waals surface area contributed by atoms with Crippen LogP contribution < -0.4 is 10.2 Å². The molecule has 0 radical (unpaired) electrons. The highest BCUT2D eigenvalue weighted by Gasteiger charge is 2.14. The Kier molecular flexibility index (Phi) is 4.65. The molecule has 1 aromatic heterocycles. The molecular formula is C16H19N5O2. The van der Waals surface area contributed by atoms with E-state index in [0.717, 1.165) is 18.9 Å². The van der Waals surface area contributed by atoms with Crippen molar-refractivity contribution < 1.29 is 4.92 Å². The molecular weight excluding hydrogens is 294 g/mol. The van der Waals surface area contributed by atoms with Gasteiger partial charge in [-0.2, -0.15) is 0 Å². The van der Waals surface area contributed by atoms with Crippen LogP contribution in [0.2, 0.25) is 0 Å². The Balaban J connectivity index is 1.70. The summed E-state index contributed by atoms with van der Waals surface area (Å²) in [5.41, 5.74) is 0.751. The second kappa shape index (κ2) is 7.04. The van der Waals surface area contributed by atoms with Gasteiger partial charge in [0, 0.05) is 37.3 Å². The van der Waals surface area contributed by atoms with Crippen LogP contribution in [0, 0.1) is 10.1 Å². The van der Waals surface area contributed by atoms with E-state index in [1.165, 1.54) is 31.7 Å². The number of piperidine rings is 1. The van der Waals surface area contributed by atoms with E-state index in [4.69, 9.17) is 0 Å². The minimum Gasteiger partial charge on any atom is -0.366 e. The largest absolute Gasteiger partial charge is 0.366 e. The molecule has 0 saturated carbocycles. The normalized spacial score (nSPS) is 14.5. The number of hydrogen-bond acceptors (Lipinski definition) is 6. The van der Waals surface area contributed by atoms with E-state index in [0.29, 0.717) is 17.9 Å². The molecule has 0 spiro atoms. The van der Waals surface area contributed by atoms with Crippen molar-refractivity contribution in [3.63, 3.8) is 0 Å². The molecule has 0 atom stereocenters. The smallest absolute Gasteiger partial charge is 0.274 e. The quantitative estimate of drug-likeness (QED) is 0.675. The SMILES string of the molecule is O=[N+]([O-])c1ccccc1CNc1cc(N2CCCCC2)ncn1. The van der Waals surface area contributed by atoms with Gasteiger partial charge in [-0.15, -0.1) is 0 Å². The van der Waals surface area contributed by atoms with Crippen molar-refractivity contribution in [3.8, 4) is 0 Å². The molecule has 2 heterocycles. The zero-order valence-electron chi connectivity index (χ0n) is 12.8. The first-order chi connectivity index (χ1) is 11.2. The average molecular weight is 313 g/mol. The lowest BCUT2D eigenvalue weighted by atomic mass is 10.1. The minimum absolute atomic E-state index is 0.116. The highest BCUT2D eigenvalue weighted by molar-refractivity contribution is 5.50. The highest BCUT2D eigenvalue weighted by atomic mass is 16.6. The fourth-order valence-corrected chi connectivity index (χ4v) is 2.76. The van der Waals surface area contributed by atoms with Crippen molar-refractivity contribution in [2.45, 2.75) is 25.8 Å². The number of nitrogens with one attached hydrogen (secondary N) is 1. The monoisotopic (exact) mass is 313 g/mol. The van der Waals surface area contributed by atoms with E-state index >= 15 is 0 Å². The van der Waals surface area contributed by atoms with Gasteiger partial charge in [0.15, 0.2) is 0 Å². The third-order valence-corrected chi connectivity index (χ3v) is 3.98. The first kappa shape index (κ1) is 15.2. The molecule has 3 rings (SSSR count). The molecule has 0 bridgehead atoms. The summed E-state index contributed by atoms with van der Waals surface area (Å²) in [6, 6.07) is 8.62. The van der Waals surface area contributed by atoms with Gasteiger partial charge in [-0.3, -0.25) is 10.1 Å².